The van der Waals surface area contributed by atoms with Crippen molar-refractivity contribution in [1.82, 2.24) is 0 Å². The molecule has 0 bridgehead atoms. The van der Waals surface area contributed by atoms with E-state index in [0.29, 0.717) is 16.5 Å². The smallest absolute Gasteiger partial charge is 0.198 e. The molecule has 0 aliphatic heterocycles. The molecule has 0 fully saturated rings. The predicted octanol–water partition coefficient (Wildman–Crippen LogP) is 3.82. The summed E-state index contributed by atoms with van der Waals surface area (Å²) in [5.41, 5.74) is 1.09. The summed E-state index contributed by atoms with van der Waals surface area (Å²) in [5, 5.41) is 1.35. The average molecular weight is 230 g/mol. The van der Waals surface area contributed by atoms with Gasteiger partial charge >= 0.3 is 0 Å². The topological polar surface area (TPSA) is 17.1 Å². The zero-order valence-electron chi connectivity index (χ0n) is 7.72. The molecule has 0 N–H and O–H groups in total. The van der Waals surface area contributed by atoms with Crippen molar-refractivity contribution in [3.05, 3.63) is 33.8 Å². The van der Waals surface area contributed by atoms with Gasteiger partial charge in [-0.2, -0.15) is 0 Å². The van der Waals surface area contributed by atoms with Crippen molar-refractivity contribution in [2.75, 3.05) is 0 Å². The highest BCUT2D eigenvalue weighted by Gasteiger charge is 2.00. The van der Waals surface area contributed by atoms with Gasteiger partial charge in [0.25, 0.3) is 0 Å². The van der Waals surface area contributed by atoms with Gasteiger partial charge < -0.3 is 0 Å². The average Bonchev–Trinajstić information content (AvgIpc) is 2.15. The lowest BCUT2D eigenvalue weighted by Gasteiger charge is -2.03. The SMILES string of the molecule is O=[C]CCCCc1ccc(Cl)cc1Cl. The van der Waals surface area contributed by atoms with Crippen LogP contribution in [0.2, 0.25) is 10.0 Å². The Morgan fingerprint density at radius 3 is 2.64 bits per heavy atom. The van der Waals surface area contributed by atoms with Crippen LogP contribution in [0.1, 0.15) is 24.8 Å². The van der Waals surface area contributed by atoms with Crippen molar-refractivity contribution in [3.8, 4) is 0 Å². The van der Waals surface area contributed by atoms with Crippen molar-refractivity contribution in [2.45, 2.75) is 25.7 Å². The van der Waals surface area contributed by atoms with Gasteiger partial charge in [0.15, 0.2) is 6.29 Å². The predicted molar refractivity (Wildman–Crippen MR) is 59.7 cm³/mol. The number of halogens is 2. The van der Waals surface area contributed by atoms with Crippen LogP contribution in [-0.4, -0.2) is 6.29 Å². The Kier molecular flexibility index (Phi) is 4.99. The second-order valence-corrected chi connectivity index (χ2v) is 3.93. The van der Waals surface area contributed by atoms with Crippen LogP contribution in [0.25, 0.3) is 0 Å². The third-order valence-corrected chi connectivity index (χ3v) is 2.58. The van der Waals surface area contributed by atoms with Crippen LogP contribution < -0.4 is 0 Å². The summed E-state index contributed by atoms with van der Waals surface area (Å²) < 4.78 is 0. The molecule has 3 heteroatoms. The Bertz CT molecular complexity index is 310. The van der Waals surface area contributed by atoms with Crippen molar-refractivity contribution >= 4 is 29.5 Å². The molecule has 1 radical (unpaired) electrons. The largest absolute Gasteiger partial charge is 0.291 e. The lowest BCUT2D eigenvalue weighted by atomic mass is 10.1. The maximum atomic E-state index is 9.96. The fourth-order valence-corrected chi connectivity index (χ4v) is 1.74. The van der Waals surface area contributed by atoms with Crippen LogP contribution in [0, 0.1) is 0 Å². The highest BCUT2D eigenvalue weighted by molar-refractivity contribution is 6.35. The normalized spacial score (nSPS) is 10.1. The summed E-state index contributed by atoms with van der Waals surface area (Å²) >= 11 is 11.7. The van der Waals surface area contributed by atoms with Crippen LogP contribution in [0.4, 0.5) is 0 Å². The molecule has 0 spiro atoms. The first kappa shape index (κ1) is 11.5. The summed E-state index contributed by atoms with van der Waals surface area (Å²) in [6.45, 7) is 0. The van der Waals surface area contributed by atoms with Crippen LogP contribution in [-0.2, 0) is 11.2 Å². The molecule has 0 aliphatic rings. The van der Waals surface area contributed by atoms with E-state index in [0.717, 1.165) is 24.8 Å². The van der Waals surface area contributed by atoms with Crippen LogP contribution in [0.3, 0.4) is 0 Å². The van der Waals surface area contributed by atoms with Gasteiger partial charge in [-0.25, -0.2) is 0 Å². The highest BCUT2D eigenvalue weighted by atomic mass is 35.5. The lowest BCUT2D eigenvalue weighted by Crippen LogP contribution is -1.87. The Morgan fingerprint density at radius 2 is 2.00 bits per heavy atom. The standard InChI is InChI=1S/C11H11Cl2O/c12-10-6-5-9(11(13)8-10)4-2-1-3-7-14/h5-6,8H,1-4H2. The van der Waals surface area contributed by atoms with E-state index in [1.54, 1.807) is 6.07 Å². The monoisotopic (exact) mass is 229 g/mol. The highest BCUT2D eigenvalue weighted by Crippen LogP contribution is 2.22. The van der Waals surface area contributed by atoms with Gasteiger partial charge in [0.05, 0.1) is 0 Å². The molecule has 14 heavy (non-hydrogen) atoms. The summed E-state index contributed by atoms with van der Waals surface area (Å²) in [4.78, 5) is 9.96. The molecule has 0 saturated heterocycles. The number of hydrogen-bond acceptors (Lipinski definition) is 1. The van der Waals surface area contributed by atoms with Crippen LogP contribution in [0.15, 0.2) is 18.2 Å². The van der Waals surface area contributed by atoms with Gasteiger partial charge in [0, 0.05) is 16.5 Å². The number of rotatable bonds is 5. The van der Waals surface area contributed by atoms with Crippen molar-refractivity contribution in [3.63, 3.8) is 0 Å². The van der Waals surface area contributed by atoms with E-state index >= 15 is 0 Å². The van der Waals surface area contributed by atoms with Crippen LogP contribution in [0.5, 0.6) is 0 Å². The van der Waals surface area contributed by atoms with Crippen molar-refractivity contribution < 1.29 is 4.79 Å². The summed E-state index contributed by atoms with van der Waals surface area (Å²) in [6.07, 6.45) is 5.08. The van der Waals surface area contributed by atoms with E-state index in [9.17, 15) is 4.79 Å². The molecule has 1 nitrogen and oxygen atoms in total. The molecule has 0 unspecified atom stereocenters. The Balaban J connectivity index is 2.46. The zero-order chi connectivity index (χ0) is 10.4. The first-order valence-corrected chi connectivity index (χ1v) is 5.28. The van der Waals surface area contributed by atoms with Crippen molar-refractivity contribution in [2.24, 2.45) is 0 Å². The van der Waals surface area contributed by atoms with Gasteiger partial charge in [0.2, 0.25) is 0 Å². The Morgan fingerprint density at radius 1 is 1.21 bits per heavy atom. The molecule has 0 amide bonds. The van der Waals surface area contributed by atoms with E-state index in [4.69, 9.17) is 23.2 Å². The molecular formula is C11H11Cl2O. The van der Waals surface area contributed by atoms with E-state index in [1.165, 1.54) is 0 Å². The first-order valence-electron chi connectivity index (χ1n) is 4.53. The van der Waals surface area contributed by atoms with E-state index < -0.39 is 0 Å². The van der Waals surface area contributed by atoms with Gasteiger partial charge in [-0.05, 0) is 37.0 Å². The first-order chi connectivity index (χ1) is 6.74. The number of carbonyl (C=O) groups excluding carboxylic acids is 1. The summed E-state index contributed by atoms with van der Waals surface area (Å²) in [7, 11) is 0. The number of hydrogen-bond donors (Lipinski definition) is 0. The number of benzene rings is 1. The minimum Gasteiger partial charge on any atom is -0.291 e. The molecular weight excluding hydrogens is 219 g/mol. The zero-order valence-corrected chi connectivity index (χ0v) is 9.24. The maximum absolute atomic E-state index is 9.96. The minimum atomic E-state index is 0.505. The molecule has 75 valence electrons. The minimum absolute atomic E-state index is 0.505. The van der Waals surface area contributed by atoms with E-state index in [-0.39, 0.29) is 0 Å². The lowest BCUT2D eigenvalue weighted by molar-refractivity contribution is 0.546. The molecule has 1 aromatic carbocycles. The molecule has 1 rings (SSSR count). The molecule has 0 heterocycles. The third-order valence-electron chi connectivity index (χ3n) is 1.99. The molecule has 0 aliphatic carbocycles. The summed E-state index contributed by atoms with van der Waals surface area (Å²) in [5.74, 6) is 0. The second-order valence-electron chi connectivity index (χ2n) is 3.09. The molecule has 1 aromatic rings. The van der Waals surface area contributed by atoms with E-state index in [2.05, 4.69) is 0 Å². The fourth-order valence-electron chi connectivity index (χ4n) is 1.24. The Labute approximate surface area is 94.0 Å². The quantitative estimate of drug-likeness (QED) is 0.703. The molecule has 0 aromatic heterocycles. The van der Waals surface area contributed by atoms with Gasteiger partial charge in [-0.1, -0.05) is 29.3 Å². The molecule has 0 saturated carbocycles. The van der Waals surface area contributed by atoms with Gasteiger partial charge in [-0.15, -0.1) is 0 Å². The summed E-state index contributed by atoms with van der Waals surface area (Å²) in [6, 6.07) is 5.49. The number of unbranched alkanes of at least 4 members (excludes halogenated alkanes) is 2. The van der Waals surface area contributed by atoms with Gasteiger partial charge in [-0.3, -0.25) is 4.79 Å². The maximum Gasteiger partial charge on any atom is 0.198 e. The van der Waals surface area contributed by atoms with Crippen LogP contribution >= 0.6 is 23.2 Å². The molecule has 0 atom stereocenters. The van der Waals surface area contributed by atoms with Crippen molar-refractivity contribution in [1.29, 1.82) is 0 Å². The third kappa shape index (κ3) is 3.69. The second kappa shape index (κ2) is 6.05. The number of aryl methyl sites for hydroxylation is 1. The van der Waals surface area contributed by atoms with Gasteiger partial charge in [0.1, 0.15) is 0 Å². The van der Waals surface area contributed by atoms with E-state index in [1.807, 2.05) is 18.4 Å². The Hall–Kier alpha value is -0.530. The fraction of sp³-hybridized carbons (Fsp3) is 0.364.